The summed E-state index contributed by atoms with van der Waals surface area (Å²) in [6.07, 6.45) is 0. The van der Waals surface area contributed by atoms with Crippen molar-refractivity contribution >= 4 is 27.6 Å². The molecule has 0 spiro atoms. The van der Waals surface area contributed by atoms with Gasteiger partial charge in [0, 0.05) is 13.1 Å². The molecule has 0 saturated heterocycles. The van der Waals surface area contributed by atoms with Gasteiger partial charge in [0.05, 0.1) is 16.1 Å². The number of hydrogen-bond acceptors (Lipinski definition) is 5. The Hall–Kier alpha value is -2.78. The fraction of sp³-hybridized carbons (Fsp3) is 0.300. The van der Waals surface area contributed by atoms with Crippen LogP contribution in [0.4, 0.5) is 10.1 Å². The summed E-state index contributed by atoms with van der Waals surface area (Å²) in [4.78, 5) is 24.1. The number of esters is 1. The van der Waals surface area contributed by atoms with Crippen LogP contribution in [0.2, 0.25) is 0 Å². The third-order valence-corrected chi connectivity index (χ3v) is 6.19. The van der Waals surface area contributed by atoms with E-state index in [0.717, 1.165) is 0 Å². The highest BCUT2D eigenvalue weighted by Crippen LogP contribution is 2.18. The molecule has 2 rings (SSSR count). The molecule has 0 saturated carbocycles. The maximum absolute atomic E-state index is 13.8. The lowest BCUT2D eigenvalue weighted by Crippen LogP contribution is -2.30. The lowest BCUT2D eigenvalue weighted by atomic mass is 10.2. The smallest absolute Gasteiger partial charge is 0.338 e. The van der Waals surface area contributed by atoms with Gasteiger partial charge in [-0.05, 0) is 42.8 Å². The summed E-state index contributed by atoms with van der Waals surface area (Å²) in [5.74, 6) is -2.17. The standard InChI is InChI=1S/C20H23FN2O5S/c1-4-23(5-2)29(26,27)16-8-6-7-15(12-16)20(25)28-13-19(24)22-18-10-9-14(3)11-17(18)21/h6-12H,4-5,13H2,1-3H3,(H,22,24). The number of nitrogens with zero attached hydrogens (tertiary/aromatic N) is 1. The van der Waals surface area contributed by atoms with Gasteiger partial charge >= 0.3 is 5.97 Å². The Morgan fingerprint density at radius 2 is 1.79 bits per heavy atom. The minimum absolute atomic E-state index is 0.00690. The van der Waals surface area contributed by atoms with Crippen molar-refractivity contribution in [3.05, 3.63) is 59.4 Å². The zero-order valence-electron chi connectivity index (χ0n) is 16.4. The molecule has 1 N–H and O–H groups in total. The predicted octanol–water partition coefficient (Wildman–Crippen LogP) is 2.96. The van der Waals surface area contributed by atoms with Crippen LogP contribution >= 0.6 is 0 Å². The Kier molecular flexibility index (Phi) is 7.46. The number of amides is 1. The van der Waals surface area contributed by atoms with Crippen LogP contribution in [-0.2, 0) is 19.6 Å². The summed E-state index contributed by atoms with van der Waals surface area (Å²) in [6, 6.07) is 9.71. The molecule has 1 amide bonds. The van der Waals surface area contributed by atoms with Crippen LogP contribution in [-0.4, -0.2) is 44.3 Å². The van der Waals surface area contributed by atoms with Crippen LogP contribution in [0.15, 0.2) is 47.4 Å². The number of carbonyl (C=O) groups excluding carboxylic acids is 2. The minimum atomic E-state index is -3.73. The largest absolute Gasteiger partial charge is 0.452 e. The molecule has 0 aliphatic heterocycles. The number of halogens is 1. The first-order valence-corrected chi connectivity index (χ1v) is 10.5. The average molecular weight is 422 g/mol. The highest BCUT2D eigenvalue weighted by Gasteiger charge is 2.23. The number of ether oxygens (including phenoxy) is 1. The van der Waals surface area contributed by atoms with Crippen molar-refractivity contribution in [2.75, 3.05) is 25.0 Å². The summed E-state index contributed by atoms with van der Waals surface area (Å²) in [5.41, 5.74) is 0.669. The van der Waals surface area contributed by atoms with Crippen LogP contribution in [0.3, 0.4) is 0 Å². The maximum atomic E-state index is 13.8. The Morgan fingerprint density at radius 3 is 2.41 bits per heavy atom. The van der Waals surface area contributed by atoms with Crippen molar-refractivity contribution in [1.29, 1.82) is 0 Å². The van der Waals surface area contributed by atoms with Crippen LogP contribution in [0.1, 0.15) is 29.8 Å². The normalized spacial score (nSPS) is 11.3. The number of anilines is 1. The van der Waals surface area contributed by atoms with E-state index in [1.54, 1.807) is 26.8 Å². The molecule has 0 heterocycles. The lowest BCUT2D eigenvalue weighted by molar-refractivity contribution is -0.119. The van der Waals surface area contributed by atoms with E-state index in [-0.39, 0.29) is 16.1 Å². The topological polar surface area (TPSA) is 92.8 Å². The van der Waals surface area contributed by atoms with Gasteiger partial charge in [-0.1, -0.05) is 26.0 Å². The number of benzene rings is 2. The highest BCUT2D eigenvalue weighted by atomic mass is 32.2. The fourth-order valence-corrected chi connectivity index (χ4v) is 4.12. The van der Waals surface area contributed by atoms with E-state index in [1.165, 1.54) is 40.7 Å². The second kappa shape index (κ2) is 9.62. The molecule has 7 nitrogen and oxygen atoms in total. The van der Waals surface area contributed by atoms with Crippen molar-refractivity contribution in [1.82, 2.24) is 4.31 Å². The molecule has 0 aliphatic carbocycles. The fourth-order valence-electron chi connectivity index (χ4n) is 2.62. The van der Waals surface area contributed by atoms with Crippen LogP contribution < -0.4 is 5.32 Å². The molecular weight excluding hydrogens is 399 g/mol. The van der Waals surface area contributed by atoms with Gasteiger partial charge in [-0.2, -0.15) is 4.31 Å². The molecule has 0 radical (unpaired) electrons. The molecule has 0 unspecified atom stereocenters. The van der Waals surface area contributed by atoms with Gasteiger partial charge in [-0.25, -0.2) is 17.6 Å². The Labute approximate surface area is 169 Å². The molecule has 0 aliphatic rings. The molecule has 29 heavy (non-hydrogen) atoms. The number of nitrogens with one attached hydrogen (secondary N) is 1. The quantitative estimate of drug-likeness (QED) is 0.661. The first-order chi connectivity index (χ1) is 13.7. The van der Waals surface area contributed by atoms with E-state index in [4.69, 9.17) is 4.74 Å². The monoisotopic (exact) mass is 422 g/mol. The van der Waals surface area contributed by atoms with Gasteiger partial charge in [-0.15, -0.1) is 0 Å². The summed E-state index contributed by atoms with van der Waals surface area (Å²) in [6.45, 7) is 5.10. The second-order valence-corrected chi connectivity index (χ2v) is 8.16. The predicted molar refractivity (Wildman–Crippen MR) is 107 cm³/mol. The first kappa shape index (κ1) is 22.5. The Morgan fingerprint density at radius 1 is 1.10 bits per heavy atom. The Balaban J connectivity index is 2.05. The molecule has 0 bridgehead atoms. The molecule has 9 heteroatoms. The molecule has 2 aromatic rings. The van der Waals surface area contributed by atoms with E-state index in [1.807, 2.05) is 0 Å². The number of sulfonamides is 1. The summed E-state index contributed by atoms with van der Waals surface area (Å²) in [5, 5.41) is 2.32. The van der Waals surface area contributed by atoms with E-state index in [0.29, 0.717) is 18.7 Å². The third-order valence-electron chi connectivity index (χ3n) is 4.15. The van der Waals surface area contributed by atoms with Crippen LogP contribution in [0.5, 0.6) is 0 Å². The lowest BCUT2D eigenvalue weighted by Gasteiger charge is -2.18. The summed E-state index contributed by atoms with van der Waals surface area (Å²) < 4.78 is 45.1. The number of hydrogen-bond donors (Lipinski definition) is 1. The van der Waals surface area contributed by atoms with Crippen molar-refractivity contribution < 1.29 is 27.1 Å². The van der Waals surface area contributed by atoms with Gasteiger partial charge in [0.15, 0.2) is 6.61 Å². The number of rotatable bonds is 8. The SMILES string of the molecule is CCN(CC)S(=O)(=O)c1cccc(C(=O)OCC(=O)Nc2ccc(C)cc2F)c1. The zero-order valence-corrected chi connectivity index (χ0v) is 17.3. The number of carbonyl (C=O) groups is 2. The van der Waals surface area contributed by atoms with Gasteiger partial charge in [0.25, 0.3) is 5.91 Å². The molecule has 2 aromatic carbocycles. The molecule has 0 aromatic heterocycles. The van der Waals surface area contributed by atoms with Gasteiger partial charge in [-0.3, -0.25) is 4.79 Å². The average Bonchev–Trinajstić information content (AvgIpc) is 2.69. The van der Waals surface area contributed by atoms with Crippen molar-refractivity contribution in [2.45, 2.75) is 25.7 Å². The molecular formula is C20H23FN2O5S. The molecule has 156 valence electrons. The summed E-state index contributed by atoms with van der Waals surface area (Å²) in [7, 11) is -3.73. The van der Waals surface area contributed by atoms with Gasteiger partial charge in [0.1, 0.15) is 5.82 Å². The van der Waals surface area contributed by atoms with Gasteiger partial charge < -0.3 is 10.1 Å². The molecule has 0 fully saturated rings. The van der Waals surface area contributed by atoms with Crippen molar-refractivity contribution in [2.24, 2.45) is 0 Å². The van der Waals surface area contributed by atoms with E-state index in [9.17, 15) is 22.4 Å². The highest BCUT2D eigenvalue weighted by molar-refractivity contribution is 7.89. The van der Waals surface area contributed by atoms with Crippen molar-refractivity contribution in [3.63, 3.8) is 0 Å². The third kappa shape index (κ3) is 5.61. The number of aryl methyl sites for hydroxylation is 1. The minimum Gasteiger partial charge on any atom is -0.452 e. The Bertz CT molecular complexity index is 1000. The second-order valence-electron chi connectivity index (χ2n) is 6.22. The van der Waals surface area contributed by atoms with E-state index >= 15 is 0 Å². The van der Waals surface area contributed by atoms with Crippen LogP contribution in [0.25, 0.3) is 0 Å². The van der Waals surface area contributed by atoms with E-state index < -0.39 is 34.3 Å². The van der Waals surface area contributed by atoms with Gasteiger partial charge in [0.2, 0.25) is 10.0 Å². The zero-order chi connectivity index (χ0) is 21.6. The maximum Gasteiger partial charge on any atom is 0.338 e. The molecule has 0 atom stereocenters. The van der Waals surface area contributed by atoms with E-state index in [2.05, 4.69) is 5.32 Å². The first-order valence-electron chi connectivity index (χ1n) is 9.02. The van der Waals surface area contributed by atoms with Crippen molar-refractivity contribution in [3.8, 4) is 0 Å². The van der Waals surface area contributed by atoms with Crippen LogP contribution in [0, 0.1) is 12.7 Å². The summed E-state index contributed by atoms with van der Waals surface area (Å²) >= 11 is 0.